The molecular weight excluding hydrogens is 476 g/mol. The third kappa shape index (κ3) is 6.28. The molecule has 1 amide bonds. The Balaban J connectivity index is 1.53. The molecule has 0 spiro atoms. The minimum Gasteiger partial charge on any atom is -0.342 e. The number of aryl methyl sites for hydroxylation is 2. The van der Waals surface area contributed by atoms with E-state index in [9.17, 15) is 4.79 Å². The summed E-state index contributed by atoms with van der Waals surface area (Å²) in [4.78, 5) is 23.7. The lowest BCUT2D eigenvalue weighted by molar-refractivity contribution is -0.129. The maximum atomic E-state index is 12.8. The van der Waals surface area contributed by atoms with E-state index >= 15 is 0 Å². The van der Waals surface area contributed by atoms with E-state index in [4.69, 9.17) is 11.6 Å². The van der Waals surface area contributed by atoms with E-state index in [1.807, 2.05) is 53.6 Å². The van der Waals surface area contributed by atoms with Gasteiger partial charge in [-0.1, -0.05) is 48.1 Å². The van der Waals surface area contributed by atoms with Gasteiger partial charge >= 0.3 is 0 Å². The van der Waals surface area contributed by atoms with Crippen molar-refractivity contribution in [2.24, 2.45) is 5.92 Å². The maximum Gasteiger partial charge on any atom is 0.233 e. The second kappa shape index (κ2) is 10.9. The van der Waals surface area contributed by atoms with Crippen LogP contribution >= 0.6 is 35.1 Å². The highest BCUT2D eigenvalue weighted by molar-refractivity contribution is 7.99. The summed E-state index contributed by atoms with van der Waals surface area (Å²) in [7, 11) is 0. The number of thioether (sulfide) groups is 2. The van der Waals surface area contributed by atoms with Gasteiger partial charge in [0, 0.05) is 29.5 Å². The van der Waals surface area contributed by atoms with Crippen LogP contribution in [-0.2, 0) is 10.5 Å². The van der Waals surface area contributed by atoms with Gasteiger partial charge in [-0.2, -0.15) is 0 Å². The molecule has 3 aromatic rings. The number of hydrogen-bond donors (Lipinski definition) is 0. The Hall–Kier alpha value is -2.10. The van der Waals surface area contributed by atoms with Crippen LogP contribution in [0.5, 0.6) is 0 Å². The first-order valence-corrected chi connectivity index (χ1v) is 13.3. The van der Waals surface area contributed by atoms with Crippen molar-refractivity contribution in [2.45, 2.75) is 49.7 Å². The van der Waals surface area contributed by atoms with Crippen LogP contribution in [0.2, 0.25) is 5.02 Å². The minimum absolute atomic E-state index is 0.145. The Kier molecular flexibility index (Phi) is 7.93. The van der Waals surface area contributed by atoms with Crippen LogP contribution in [0.4, 0.5) is 0 Å². The predicted octanol–water partition coefficient (Wildman–Crippen LogP) is 4.97. The number of benzene rings is 1. The molecule has 1 aliphatic rings. The Morgan fingerprint density at radius 2 is 1.82 bits per heavy atom. The molecule has 0 aliphatic carbocycles. The van der Waals surface area contributed by atoms with E-state index in [-0.39, 0.29) is 5.91 Å². The molecule has 7 nitrogen and oxygen atoms in total. The van der Waals surface area contributed by atoms with Gasteiger partial charge in [-0.3, -0.25) is 9.36 Å². The summed E-state index contributed by atoms with van der Waals surface area (Å²) >= 11 is 9.19. The van der Waals surface area contributed by atoms with E-state index in [1.54, 1.807) is 0 Å². The summed E-state index contributed by atoms with van der Waals surface area (Å²) in [5.41, 5.74) is 2.73. The number of carbonyl (C=O) groups excluding carboxylic acids is 1. The fourth-order valence-corrected chi connectivity index (χ4v) is 5.64. The van der Waals surface area contributed by atoms with Crippen molar-refractivity contribution < 1.29 is 4.79 Å². The number of piperidine rings is 1. The number of rotatable bonds is 7. The number of likely N-dealkylation sites (tertiary alicyclic amines) is 1. The van der Waals surface area contributed by atoms with Crippen molar-refractivity contribution in [2.75, 3.05) is 18.8 Å². The van der Waals surface area contributed by atoms with Crippen molar-refractivity contribution in [1.82, 2.24) is 29.6 Å². The van der Waals surface area contributed by atoms with Gasteiger partial charge in [0.2, 0.25) is 5.91 Å². The SMILES string of the molecule is Cc1cc(C)nc(SCc2nnc(SCC(=O)N3CCC(C)CC3)n2-c2cccc(Cl)c2)n1. The smallest absolute Gasteiger partial charge is 0.233 e. The number of hydrogen-bond acceptors (Lipinski definition) is 7. The first-order valence-electron chi connectivity index (χ1n) is 10.9. The normalized spacial score (nSPS) is 14.6. The lowest BCUT2D eigenvalue weighted by Crippen LogP contribution is -2.38. The van der Waals surface area contributed by atoms with Gasteiger partial charge in [-0.05, 0) is 56.9 Å². The summed E-state index contributed by atoms with van der Waals surface area (Å²) in [6, 6.07) is 9.53. The molecule has 1 fully saturated rings. The number of aromatic nitrogens is 5. The summed E-state index contributed by atoms with van der Waals surface area (Å²) in [6.07, 6.45) is 2.13. The highest BCUT2D eigenvalue weighted by Crippen LogP contribution is 2.28. The molecule has 0 unspecified atom stereocenters. The summed E-state index contributed by atoms with van der Waals surface area (Å²) in [6.45, 7) is 7.83. The van der Waals surface area contributed by atoms with Gasteiger partial charge in [0.15, 0.2) is 10.3 Å². The van der Waals surface area contributed by atoms with E-state index in [0.717, 1.165) is 48.8 Å². The molecule has 1 aromatic carbocycles. The molecule has 1 saturated heterocycles. The molecule has 0 bridgehead atoms. The lowest BCUT2D eigenvalue weighted by atomic mass is 9.99. The van der Waals surface area contributed by atoms with E-state index < -0.39 is 0 Å². The van der Waals surface area contributed by atoms with Crippen molar-refractivity contribution in [3.8, 4) is 5.69 Å². The highest BCUT2D eigenvalue weighted by atomic mass is 35.5. The number of halogens is 1. The van der Waals surface area contributed by atoms with Gasteiger partial charge < -0.3 is 4.90 Å². The molecule has 3 heterocycles. The monoisotopic (exact) mass is 502 g/mol. The Morgan fingerprint density at radius 3 is 2.52 bits per heavy atom. The lowest BCUT2D eigenvalue weighted by Gasteiger charge is -2.30. The fourth-order valence-electron chi connectivity index (χ4n) is 3.72. The van der Waals surface area contributed by atoms with Crippen LogP contribution in [0.25, 0.3) is 5.69 Å². The van der Waals surface area contributed by atoms with Gasteiger partial charge in [-0.25, -0.2) is 9.97 Å². The fraction of sp³-hybridized carbons (Fsp3) is 0.435. The van der Waals surface area contributed by atoms with Crippen molar-refractivity contribution in [3.05, 3.63) is 52.6 Å². The molecule has 0 radical (unpaired) electrons. The molecule has 2 aromatic heterocycles. The topological polar surface area (TPSA) is 76.8 Å². The van der Waals surface area contributed by atoms with E-state index in [1.165, 1.54) is 23.5 Å². The largest absolute Gasteiger partial charge is 0.342 e. The van der Waals surface area contributed by atoms with Crippen LogP contribution in [0.1, 0.15) is 37.0 Å². The third-order valence-electron chi connectivity index (χ3n) is 5.52. The molecular formula is C23H27ClN6OS2. The molecule has 1 aliphatic heterocycles. The number of amides is 1. The zero-order chi connectivity index (χ0) is 23.4. The molecule has 10 heteroatoms. The van der Waals surface area contributed by atoms with Crippen molar-refractivity contribution in [3.63, 3.8) is 0 Å². The molecule has 0 N–H and O–H groups in total. The Bertz CT molecular complexity index is 1110. The van der Waals surface area contributed by atoms with Crippen LogP contribution in [0.3, 0.4) is 0 Å². The standard InChI is InChI=1S/C23H27ClN6OS2/c1-15-7-9-29(10-8-15)21(31)14-33-23-28-27-20(30(23)19-6-4-5-18(24)12-19)13-32-22-25-16(2)11-17(3)26-22/h4-6,11-12,15H,7-10,13-14H2,1-3H3. The summed E-state index contributed by atoms with van der Waals surface area (Å²) < 4.78 is 1.97. The maximum absolute atomic E-state index is 12.8. The Morgan fingerprint density at radius 1 is 1.09 bits per heavy atom. The third-order valence-corrected chi connectivity index (χ3v) is 7.51. The van der Waals surface area contributed by atoms with Crippen molar-refractivity contribution >= 4 is 41.0 Å². The average molecular weight is 503 g/mol. The molecule has 0 atom stereocenters. The quantitative estimate of drug-likeness (QED) is 0.333. The van der Waals surface area contributed by atoms with Gasteiger partial charge in [0.05, 0.1) is 17.2 Å². The van der Waals surface area contributed by atoms with Gasteiger partial charge in [0.1, 0.15) is 5.82 Å². The molecule has 0 saturated carbocycles. The van der Waals surface area contributed by atoms with E-state index in [0.29, 0.717) is 32.8 Å². The van der Waals surface area contributed by atoms with Gasteiger partial charge in [0.25, 0.3) is 0 Å². The van der Waals surface area contributed by atoms with Crippen LogP contribution in [0, 0.1) is 19.8 Å². The summed E-state index contributed by atoms with van der Waals surface area (Å²) in [5.74, 6) is 2.47. The predicted molar refractivity (Wildman–Crippen MR) is 133 cm³/mol. The average Bonchev–Trinajstić information content (AvgIpc) is 3.19. The van der Waals surface area contributed by atoms with Crippen LogP contribution in [-0.4, -0.2) is 54.4 Å². The second-order valence-electron chi connectivity index (χ2n) is 8.29. The minimum atomic E-state index is 0.145. The Labute approximate surface area is 207 Å². The first kappa shape index (κ1) is 24.0. The van der Waals surface area contributed by atoms with Crippen LogP contribution in [0.15, 0.2) is 40.6 Å². The van der Waals surface area contributed by atoms with Crippen LogP contribution < -0.4 is 0 Å². The van der Waals surface area contributed by atoms with E-state index in [2.05, 4.69) is 27.1 Å². The molecule has 4 rings (SSSR count). The first-order chi connectivity index (χ1) is 15.9. The van der Waals surface area contributed by atoms with Gasteiger partial charge in [-0.15, -0.1) is 10.2 Å². The molecule has 33 heavy (non-hydrogen) atoms. The second-order valence-corrected chi connectivity index (χ2v) is 10.6. The van der Waals surface area contributed by atoms with Crippen molar-refractivity contribution in [1.29, 1.82) is 0 Å². The number of carbonyl (C=O) groups is 1. The molecule has 174 valence electrons. The number of nitrogens with zero attached hydrogens (tertiary/aromatic N) is 6. The highest BCUT2D eigenvalue weighted by Gasteiger charge is 2.22. The zero-order valence-corrected chi connectivity index (χ0v) is 21.4. The summed E-state index contributed by atoms with van der Waals surface area (Å²) in [5, 5.41) is 10.8. The zero-order valence-electron chi connectivity index (χ0n) is 19.0.